The van der Waals surface area contributed by atoms with Crippen molar-refractivity contribution in [2.24, 2.45) is 0 Å². The number of amides is 2. The highest BCUT2D eigenvalue weighted by molar-refractivity contribution is 6.31. The minimum Gasteiger partial charge on any atom is -0.358 e. The number of anilines is 1. The number of aromatic nitrogens is 1. The van der Waals surface area contributed by atoms with Gasteiger partial charge in [-0.2, -0.15) is 0 Å². The van der Waals surface area contributed by atoms with Gasteiger partial charge in [-0.25, -0.2) is 8.78 Å². The lowest BCUT2D eigenvalue weighted by molar-refractivity contribution is -0.115. The third-order valence-corrected chi connectivity index (χ3v) is 4.08. The van der Waals surface area contributed by atoms with E-state index in [4.69, 9.17) is 11.6 Å². The summed E-state index contributed by atoms with van der Waals surface area (Å²) in [5, 5.41) is 5.30. The summed E-state index contributed by atoms with van der Waals surface area (Å²) in [7, 11) is 0. The number of nitrogens with one attached hydrogen (secondary N) is 3. The molecule has 2 aromatic carbocycles. The summed E-state index contributed by atoms with van der Waals surface area (Å²) in [6.45, 7) is 1.38. The van der Waals surface area contributed by atoms with Gasteiger partial charge >= 0.3 is 0 Å². The molecular formula is C18H14ClF2N3O2. The van der Waals surface area contributed by atoms with Crippen LogP contribution in [0.5, 0.6) is 0 Å². The fraction of sp³-hybridized carbons (Fsp3) is 0.111. The Kier molecular flexibility index (Phi) is 4.90. The Morgan fingerprint density at radius 3 is 2.65 bits per heavy atom. The maximum absolute atomic E-state index is 13.5. The van der Waals surface area contributed by atoms with Crippen LogP contribution in [0.1, 0.15) is 16.1 Å². The number of aromatic amines is 1. The van der Waals surface area contributed by atoms with Crippen molar-refractivity contribution < 1.29 is 18.4 Å². The summed E-state index contributed by atoms with van der Waals surface area (Å²) in [5.41, 5.74) is 1.77. The number of H-pyrrole nitrogens is 1. The van der Waals surface area contributed by atoms with Gasteiger partial charge in [0, 0.05) is 22.3 Å². The molecule has 0 aliphatic rings. The molecule has 0 saturated heterocycles. The predicted molar refractivity (Wildman–Crippen MR) is 95.4 cm³/mol. The van der Waals surface area contributed by atoms with Crippen molar-refractivity contribution in [3.05, 3.63) is 64.3 Å². The van der Waals surface area contributed by atoms with E-state index in [0.717, 1.165) is 6.07 Å². The number of fused-ring (bicyclic) bond motifs is 1. The summed E-state index contributed by atoms with van der Waals surface area (Å²) in [6, 6.07) is 7.84. The van der Waals surface area contributed by atoms with Gasteiger partial charge in [-0.05, 0) is 43.3 Å². The molecule has 3 N–H and O–H groups in total. The highest BCUT2D eigenvalue weighted by Crippen LogP contribution is 2.23. The average Bonchev–Trinajstić information content (AvgIpc) is 2.91. The first-order valence-corrected chi connectivity index (χ1v) is 8.04. The maximum atomic E-state index is 13.5. The molecule has 0 unspecified atom stereocenters. The van der Waals surface area contributed by atoms with E-state index in [1.165, 1.54) is 24.3 Å². The van der Waals surface area contributed by atoms with Crippen LogP contribution in [0.15, 0.2) is 36.4 Å². The Balaban J connectivity index is 1.69. The van der Waals surface area contributed by atoms with Gasteiger partial charge in [0.25, 0.3) is 5.91 Å². The number of hydrogen-bond acceptors (Lipinski definition) is 2. The molecule has 26 heavy (non-hydrogen) atoms. The number of carbonyl (C=O) groups excluding carboxylic acids is 2. The summed E-state index contributed by atoms with van der Waals surface area (Å²) in [4.78, 5) is 27.4. The van der Waals surface area contributed by atoms with Crippen molar-refractivity contribution in [2.75, 3.05) is 11.9 Å². The van der Waals surface area contributed by atoms with Crippen molar-refractivity contribution in [2.45, 2.75) is 6.92 Å². The second-order valence-electron chi connectivity index (χ2n) is 5.67. The first-order valence-electron chi connectivity index (χ1n) is 7.66. The molecule has 0 radical (unpaired) electrons. The van der Waals surface area contributed by atoms with Crippen LogP contribution in [-0.2, 0) is 4.79 Å². The first-order chi connectivity index (χ1) is 12.3. The SMILES string of the molecule is Cc1[nH]c2ccc(F)cc2c1C(=O)NCC(=O)Nc1ccc(F)c(Cl)c1. The van der Waals surface area contributed by atoms with E-state index >= 15 is 0 Å². The van der Waals surface area contributed by atoms with E-state index < -0.39 is 23.4 Å². The van der Waals surface area contributed by atoms with Crippen molar-refractivity contribution in [1.82, 2.24) is 10.3 Å². The second-order valence-corrected chi connectivity index (χ2v) is 6.08. The average molecular weight is 378 g/mol. The first kappa shape index (κ1) is 17.9. The third kappa shape index (κ3) is 3.67. The number of aryl methyl sites for hydroxylation is 1. The molecule has 8 heteroatoms. The molecule has 3 aromatic rings. The van der Waals surface area contributed by atoms with Gasteiger partial charge in [0.1, 0.15) is 11.6 Å². The number of carbonyl (C=O) groups is 2. The van der Waals surface area contributed by atoms with Crippen molar-refractivity contribution in [3.63, 3.8) is 0 Å². The van der Waals surface area contributed by atoms with Crippen LogP contribution < -0.4 is 10.6 Å². The standard InChI is InChI=1S/C18H14ClF2N3O2/c1-9-17(12-6-10(20)2-5-15(12)23-9)18(26)22-8-16(25)24-11-3-4-14(21)13(19)7-11/h2-7,23H,8H2,1H3,(H,22,26)(H,24,25). The van der Waals surface area contributed by atoms with Crippen LogP contribution in [0.25, 0.3) is 10.9 Å². The summed E-state index contributed by atoms with van der Waals surface area (Å²) >= 11 is 5.65. The molecule has 0 saturated carbocycles. The second kappa shape index (κ2) is 7.13. The van der Waals surface area contributed by atoms with E-state index in [-0.39, 0.29) is 17.1 Å². The molecule has 0 aliphatic carbocycles. The fourth-order valence-corrected chi connectivity index (χ4v) is 2.80. The summed E-state index contributed by atoms with van der Waals surface area (Å²) in [5.74, 6) is -2.08. The van der Waals surface area contributed by atoms with Gasteiger partial charge in [-0.3, -0.25) is 9.59 Å². The molecule has 0 atom stereocenters. The van der Waals surface area contributed by atoms with E-state index in [9.17, 15) is 18.4 Å². The Bertz CT molecular complexity index is 1020. The lowest BCUT2D eigenvalue weighted by atomic mass is 10.1. The van der Waals surface area contributed by atoms with Gasteiger partial charge in [0.05, 0.1) is 17.1 Å². The molecule has 5 nitrogen and oxygen atoms in total. The quantitative estimate of drug-likeness (QED) is 0.647. The number of hydrogen-bond donors (Lipinski definition) is 3. The number of benzene rings is 2. The molecule has 1 aromatic heterocycles. The van der Waals surface area contributed by atoms with E-state index in [0.29, 0.717) is 22.3 Å². The monoisotopic (exact) mass is 377 g/mol. The van der Waals surface area contributed by atoms with E-state index in [2.05, 4.69) is 15.6 Å². The van der Waals surface area contributed by atoms with Crippen LogP contribution in [0.4, 0.5) is 14.5 Å². The highest BCUT2D eigenvalue weighted by Gasteiger charge is 2.17. The lowest BCUT2D eigenvalue weighted by Gasteiger charge is -2.08. The molecule has 0 bridgehead atoms. The minimum absolute atomic E-state index is 0.122. The third-order valence-electron chi connectivity index (χ3n) is 3.79. The zero-order valence-corrected chi connectivity index (χ0v) is 14.4. The lowest BCUT2D eigenvalue weighted by Crippen LogP contribution is -2.33. The highest BCUT2D eigenvalue weighted by atomic mass is 35.5. The Hall–Kier alpha value is -2.93. The molecule has 0 fully saturated rings. The van der Waals surface area contributed by atoms with Crippen LogP contribution >= 0.6 is 11.6 Å². The van der Waals surface area contributed by atoms with Crippen LogP contribution in [0.3, 0.4) is 0 Å². The van der Waals surface area contributed by atoms with Gasteiger partial charge in [0.2, 0.25) is 5.91 Å². The van der Waals surface area contributed by atoms with Crippen LogP contribution in [0.2, 0.25) is 5.02 Å². The fourth-order valence-electron chi connectivity index (χ4n) is 2.62. The number of halogens is 3. The molecule has 0 spiro atoms. The molecule has 0 aliphatic heterocycles. The Labute approximate surface area is 152 Å². The molecule has 1 heterocycles. The van der Waals surface area contributed by atoms with Gasteiger partial charge < -0.3 is 15.6 Å². The van der Waals surface area contributed by atoms with Crippen molar-refractivity contribution >= 4 is 40.0 Å². The molecule has 2 amide bonds. The molecular weight excluding hydrogens is 364 g/mol. The predicted octanol–water partition coefficient (Wildman–Crippen LogP) is 3.78. The number of rotatable bonds is 4. The Morgan fingerprint density at radius 1 is 1.15 bits per heavy atom. The van der Waals surface area contributed by atoms with E-state index in [1.54, 1.807) is 13.0 Å². The molecule has 3 rings (SSSR count). The van der Waals surface area contributed by atoms with Gasteiger partial charge in [-0.1, -0.05) is 11.6 Å². The van der Waals surface area contributed by atoms with Crippen molar-refractivity contribution in [1.29, 1.82) is 0 Å². The Morgan fingerprint density at radius 2 is 1.92 bits per heavy atom. The largest absolute Gasteiger partial charge is 0.358 e. The van der Waals surface area contributed by atoms with E-state index in [1.807, 2.05) is 0 Å². The van der Waals surface area contributed by atoms with Gasteiger partial charge in [-0.15, -0.1) is 0 Å². The van der Waals surface area contributed by atoms with Crippen molar-refractivity contribution in [3.8, 4) is 0 Å². The van der Waals surface area contributed by atoms with Crippen LogP contribution in [-0.4, -0.2) is 23.3 Å². The topological polar surface area (TPSA) is 74.0 Å². The maximum Gasteiger partial charge on any atom is 0.254 e. The smallest absolute Gasteiger partial charge is 0.254 e. The van der Waals surface area contributed by atoms with Gasteiger partial charge in [0.15, 0.2) is 0 Å². The molecule has 134 valence electrons. The minimum atomic E-state index is -0.597. The summed E-state index contributed by atoms with van der Waals surface area (Å²) < 4.78 is 26.6. The normalized spacial score (nSPS) is 10.8. The van der Waals surface area contributed by atoms with Crippen LogP contribution in [0, 0.1) is 18.6 Å². The zero-order chi connectivity index (χ0) is 18.8. The zero-order valence-electron chi connectivity index (χ0n) is 13.6. The summed E-state index contributed by atoms with van der Waals surface area (Å²) in [6.07, 6.45) is 0.